The number of nitrogens with one attached hydrogen (secondary N) is 1. The minimum Gasteiger partial charge on any atom is -0.351 e. The molecule has 1 amide bonds. The summed E-state index contributed by atoms with van der Waals surface area (Å²) in [5.41, 5.74) is 0. The van der Waals surface area contributed by atoms with E-state index in [1.54, 1.807) is 0 Å². The fraction of sp³-hybridized carbons (Fsp3) is 0.833. The monoisotopic (exact) mass is 211 g/mol. The first-order valence-corrected chi connectivity index (χ1v) is 5.95. The van der Waals surface area contributed by atoms with E-state index < -0.39 is 9.84 Å². The number of hydrogen-bond acceptors (Lipinski definition) is 3. The van der Waals surface area contributed by atoms with E-state index >= 15 is 0 Å². The summed E-state index contributed by atoms with van der Waals surface area (Å²) in [5, 5.41) is 2.53. The quantitative estimate of drug-likeness (QED) is 0.628. The molecular weight excluding hydrogens is 202 g/mol. The number of carbonyl (C=O) groups is 1. The second kappa shape index (κ2) is 3.62. The van der Waals surface area contributed by atoms with Gasteiger partial charge in [0.1, 0.15) is 5.88 Å². The van der Waals surface area contributed by atoms with Gasteiger partial charge >= 0.3 is 0 Å². The molecule has 1 aliphatic heterocycles. The molecule has 12 heavy (non-hydrogen) atoms. The van der Waals surface area contributed by atoms with Gasteiger partial charge in [-0.05, 0) is 6.42 Å². The van der Waals surface area contributed by atoms with E-state index in [1.807, 2.05) is 0 Å². The molecule has 1 atom stereocenters. The van der Waals surface area contributed by atoms with Crippen molar-refractivity contribution in [3.8, 4) is 0 Å². The van der Waals surface area contributed by atoms with Crippen molar-refractivity contribution >= 4 is 27.3 Å². The Morgan fingerprint density at radius 3 is 2.67 bits per heavy atom. The number of halogens is 1. The topological polar surface area (TPSA) is 63.2 Å². The number of alkyl halides is 1. The van der Waals surface area contributed by atoms with Gasteiger partial charge in [-0.15, -0.1) is 11.6 Å². The van der Waals surface area contributed by atoms with Crippen molar-refractivity contribution in [2.24, 2.45) is 0 Å². The largest absolute Gasteiger partial charge is 0.351 e. The highest BCUT2D eigenvalue weighted by Crippen LogP contribution is 2.10. The zero-order valence-corrected chi connectivity index (χ0v) is 7.99. The summed E-state index contributed by atoms with van der Waals surface area (Å²) in [4.78, 5) is 10.7. The van der Waals surface area contributed by atoms with Crippen molar-refractivity contribution in [2.45, 2.75) is 12.5 Å². The lowest BCUT2D eigenvalue weighted by Crippen LogP contribution is -2.36. The van der Waals surface area contributed by atoms with Crippen molar-refractivity contribution in [1.29, 1.82) is 0 Å². The molecule has 1 saturated heterocycles. The molecule has 4 nitrogen and oxygen atoms in total. The van der Waals surface area contributed by atoms with Crippen LogP contribution in [0.5, 0.6) is 0 Å². The fourth-order valence-corrected chi connectivity index (χ4v) is 2.93. The molecule has 0 aromatic carbocycles. The van der Waals surface area contributed by atoms with E-state index in [1.165, 1.54) is 0 Å². The second-order valence-corrected chi connectivity index (χ2v) is 5.30. The van der Waals surface area contributed by atoms with Crippen LogP contribution in [0.3, 0.4) is 0 Å². The lowest BCUT2D eigenvalue weighted by atomic mass is 10.3. The number of carbonyl (C=O) groups excluding carboxylic acids is 1. The van der Waals surface area contributed by atoms with Crippen LogP contribution in [-0.2, 0) is 14.6 Å². The lowest BCUT2D eigenvalue weighted by molar-refractivity contribution is -0.119. The van der Waals surface area contributed by atoms with Gasteiger partial charge in [-0.1, -0.05) is 0 Å². The SMILES string of the molecule is O=C(CCl)N[C@H]1CCS(=O)(=O)C1. The van der Waals surface area contributed by atoms with Crippen LogP contribution in [0.1, 0.15) is 6.42 Å². The summed E-state index contributed by atoms with van der Waals surface area (Å²) in [6.45, 7) is 0. The number of sulfone groups is 1. The maximum atomic E-state index is 10.9. The Morgan fingerprint density at radius 1 is 1.58 bits per heavy atom. The number of hydrogen-bond donors (Lipinski definition) is 1. The molecule has 1 fully saturated rings. The predicted octanol–water partition coefficient (Wildman–Crippen LogP) is -0.472. The highest BCUT2D eigenvalue weighted by molar-refractivity contribution is 7.91. The smallest absolute Gasteiger partial charge is 0.235 e. The molecule has 0 aromatic rings. The zero-order chi connectivity index (χ0) is 9.19. The highest BCUT2D eigenvalue weighted by Gasteiger charge is 2.28. The summed E-state index contributed by atoms with van der Waals surface area (Å²) < 4.78 is 21.9. The Hall–Kier alpha value is -0.290. The molecule has 1 aliphatic rings. The first kappa shape index (κ1) is 9.80. The first-order chi connectivity index (χ1) is 5.53. The highest BCUT2D eigenvalue weighted by atomic mass is 35.5. The maximum Gasteiger partial charge on any atom is 0.235 e. The molecule has 1 rings (SSSR count). The molecule has 1 heterocycles. The maximum absolute atomic E-state index is 10.9. The molecule has 0 spiro atoms. The summed E-state index contributed by atoms with van der Waals surface area (Å²) in [7, 11) is -2.91. The van der Waals surface area contributed by atoms with Crippen LogP contribution in [0.25, 0.3) is 0 Å². The summed E-state index contributed by atoms with van der Waals surface area (Å²) in [5.74, 6) is -0.203. The van der Waals surface area contributed by atoms with Crippen LogP contribution in [0, 0.1) is 0 Å². The normalized spacial score (nSPS) is 26.9. The molecule has 0 radical (unpaired) electrons. The van der Waals surface area contributed by atoms with Gasteiger partial charge < -0.3 is 5.32 Å². The van der Waals surface area contributed by atoms with Gasteiger partial charge in [0.25, 0.3) is 0 Å². The van der Waals surface area contributed by atoms with Crippen molar-refractivity contribution < 1.29 is 13.2 Å². The summed E-state index contributed by atoms with van der Waals surface area (Å²) in [6.07, 6.45) is 0.505. The molecule has 6 heteroatoms. The van der Waals surface area contributed by atoms with Gasteiger partial charge in [-0.3, -0.25) is 4.79 Å². The van der Waals surface area contributed by atoms with Crippen LogP contribution >= 0.6 is 11.6 Å². The minimum atomic E-state index is -2.91. The van der Waals surface area contributed by atoms with Crippen LogP contribution in [0.4, 0.5) is 0 Å². The van der Waals surface area contributed by atoms with Gasteiger partial charge in [0.2, 0.25) is 5.91 Å². The van der Waals surface area contributed by atoms with Crippen LogP contribution < -0.4 is 5.32 Å². The molecule has 0 aromatic heterocycles. The van der Waals surface area contributed by atoms with Gasteiger partial charge in [-0.25, -0.2) is 8.42 Å². The van der Waals surface area contributed by atoms with Gasteiger partial charge in [-0.2, -0.15) is 0 Å². The van der Waals surface area contributed by atoms with Crippen molar-refractivity contribution in [2.75, 3.05) is 17.4 Å². The Balaban J connectivity index is 2.43. The van der Waals surface area contributed by atoms with Crippen molar-refractivity contribution in [3.05, 3.63) is 0 Å². The average Bonchev–Trinajstić information content (AvgIpc) is 2.30. The van der Waals surface area contributed by atoms with E-state index in [4.69, 9.17) is 11.6 Å². The second-order valence-electron chi connectivity index (χ2n) is 2.80. The standard InChI is InChI=1S/C6H10ClNO3S/c7-3-6(9)8-5-1-2-12(10,11)4-5/h5H,1-4H2,(H,8,9)/t5-/m0/s1. The molecule has 1 N–H and O–H groups in total. The molecule has 70 valence electrons. The third-order valence-corrected chi connectivity index (χ3v) is 3.73. The van der Waals surface area contributed by atoms with Crippen molar-refractivity contribution in [3.63, 3.8) is 0 Å². The zero-order valence-electron chi connectivity index (χ0n) is 6.42. The summed E-state index contributed by atoms with van der Waals surface area (Å²) >= 11 is 5.24. The van der Waals surface area contributed by atoms with E-state index in [9.17, 15) is 13.2 Å². The Bertz CT molecular complexity index is 275. The Morgan fingerprint density at radius 2 is 2.25 bits per heavy atom. The third-order valence-electron chi connectivity index (χ3n) is 1.72. The first-order valence-electron chi connectivity index (χ1n) is 3.59. The van der Waals surface area contributed by atoms with E-state index in [0.29, 0.717) is 6.42 Å². The van der Waals surface area contributed by atoms with Gasteiger partial charge in [0.05, 0.1) is 11.5 Å². The Kier molecular flexibility index (Phi) is 2.95. The van der Waals surface area contributed by atoms with Gasteiger partial charge in [0, 0.05) is 6.04 Å². The van der Waals surface area contributed by atoms with E-state index in [0.717, 1.165) is 0 Å². The molecular formula is C6H10ClNO3S. The summed E-state index contributed by atoms with van der Waals surface area (Å²) in [6, 6.07) is -0.235. The lowest BCUT2D eigenvalue weighted by Gasteiger charge is -2.07. The van der Waals surface area contributed by atoms with Crippen LogP contribution in [-0.4, -0.2) is 37.8 Å². The van der Waals surface area contributed by atoms with Gasteiger partial charge in [0.15, 0.2) is 9.84 Å². The molecule has 0 aliphatic carbocycles. The minimum absolute atomic E-state index is 0.0512. The van der Waals surface area contributed by atoms with E-state index in [-0.39, 0.29) is 29.3 Å². The number of rotatable bonds is 2. The Labute approximate surface area is 76.2 Å². The van der Waals surface area contributed by atoms with Crippen LogP contribution in [0.15, 0.2) is 0 Å². The fourth-order valence-electron chi connectivity index (χ4n) is 1.18. The number of amides is 1. The predicted molar refractivity (Wildman–Crippen MR) is 45.9 cm³/mol. The molecule has 0 bridgehead atoms. The van der Waals surface area contributed by atoms with E-state index in [2.05, 4.69) is 5.32 Å². The molecule has 0 saturated carbocycles. The van der Waals surface area contributed by atoms with Crippen LogP contribution in [0.2, 0.25) is 0 Å². The average molecular weight is 212 g/mol. The molecule has 0 unspecified atom stereocenters. The van der Waals surface area contributed by atoms with Crippen molar-refractivity contribution in [1.82, 2.24) is 5.32 Å². The third kappa shape index (κ3) is 2.64.